The average molecular weight is 212 g/mol. The van der Waals surface area contributed by atoms with E-state index >= 15 is 0 Å². The number of anilines is 1. The number of rotatable bonds is 2. The zero-order valence-electron chi connectivity index (χ0n) is 8.72. The third-order valence-electron chi connectivity index (χ3n) is 1.97. The third kappa shape index (κ3) is 1.80. The molecule has 0 bridgehead atoms. The van der Waals surface area contributed by atoms with Crippen LogP contribution in [0.3, 0.4) is 0 Å². The fraction of sp³-hybridized carbons (Fsp3) is 0.500. The summed E-state index contributed by atoms with van der Waals surface area (Å²) >= 11 is 0. The van der Waals surface area contributed by atoms with Crippen LogP contribution in [0.5, 0.6) is 0 Å². The van der Waals surface area contributed by atoms with Gasteiger partial charge in [0.15, 0.2) is 5.69 Å². The smallest absolute Gasteiger partial charge is 0.320 e. The highest BCUT2D eigenvalue weighted by Gasteiger charge is 2.22. The summed E-state index contributed by atoms with van der Waals surface area (Å²) in [5, 5.41) is 14.5. The van der Waals surface area contributed by atoms with Crippen molar-refractivity contribution in [1.82, 2.24) is 9.78 Å². The number of hydrogen-bond donors (Lipinski definition) is 1. The van der Waals surface area contributed by atoms with Crippen LogP contribution >= 0.6 is 0 Å². The molecule has 1 heterocycles. The Balaban J connectivity index is 3.59. The first kappa shape index (κ1) is 11.2. The number of nitrogens with two attached hydrogens (primary N) is 1. The van der Waals surface area contributed by atoms with Crippen molar-refractivity contribution in [3.63, 3.8) is 0 Å². The first-order valence-corrected chi connectivity index (χ1v) is 4.39. The predicted molar refractivity (Wildman–Crippen MR) is 54.7 cm³/mol. The topological polar surface area (TPSA) is 104 Å². The van der Waals surface area contributed by atoms with E-state index in [4.69, 9.17) is 5.73 Å². The Morgan fingerprint density at radius 2 is 2.07 bits per heavy atom. The molecule has 0 saturated heterocycles. The monoisotopic (exact) mass is 212 g/mol. The first-order chi connectivity index (χ1) is 6.86. The van der Waals surface area contributed by atoms with E-state index < -0.39 is 16.2 Å². The largest absolute Gasteiger partial charge is 0.389 e. The van der Waals surface area contributed by atoms with Crippen LogP contribution in [0.15, 0.2) is 4.79 Å². The molecule has 0 amide bonds. The van der Waals surface area contributed by atoms with Crippen molar-refractivity contribution in [2.75, 3.05) is 5.73 Å². The molecule has 7 heteroatoms. The molecular formula is C8H12N4O3. The van der Waals surface area contributed by atoms with Gasteiger partial charge in [-0.05, 0) is 20.8 Å². The second-order valence-corrected chi connectivity index (χ2v) is 3.45. The summed E-state index contributed by atoms with van der Waals surface area (Å²) in [4.78, 5) is 21.5. The van der Waals surface area contributed by atoms with E-state index in [-0.39, 0.29) is 17.4 Å². The van der Waals surface area contributed by atoms with Crippen LogP contribution in [0.4, 0.5) is 11.4 Å². The summed E-state index contributed by atoms with van der Waals surface area (Å²) in [5.41, 5.74) is 4.16. The fourth-order valence-corrected chi connectivity index (χ4v) is 1.25. The van der Waals surface area contributed by atoms with Gasteiger partial charge in [0.25, 0.3) is 5.56 Å². The second kappa shape index (κ2) is 3.68. The Bertz CT molecular complexity index is 464. The molecule has 1 aromatic rings. The van der Waals surface area contributed by atoms with Crippen molar-refractivity contribution in [2.24, 2.45) is 0 Å². The van der Waals surface area contributed by atoms with Crippen molar-refractivity contribution < 1.29 is 4.92 Å². The lowest BCUT2D eigenvalue weighted by Crippen LogP contribution is -2.28. The van der Waals surface area contributed by atoms with Crippen LogP contribution in [-0.4, -0.2) is 14.7 Å². The van der Waals surface area contributed by atoms with Gasteiger partial charge in [0.1, 0.15) is 5.69 Å². The van der Waals surface area contributed by atoms with Crippen molar-refractivity contribution in [2.45, 2.75) is 26.8 Å². The number of nitrogen functional groups attached to an aromatic ring is 1. The second-order valence-electron chi connectivity index (χ2n) is 3.45. The van der Waals surface area contributed by atoms with Gasteiger partial charge in [-0.3, -0.25) is 14.9 Å². The van der Waals surface area contributed by atoms with E-state index in [1.807, 2.05) is 0 Å². The van der Waals surface area contributed by atoms with Crippen LogP contribution in [0, 0.1) is 17.0 Å². The van der Waals surface area contributed by atoms with Gasteiger partial charge >= 0.3 is 5.69 Å². The van der Waals surface area contributed by atoms with E-state index in [0.717, 1.165) is 4.68 Å². The van der Waals surface area contributed by atoms with Crippen LogP contribution in [0.25, 0.3) is 0 Å². The molecule has 0 aliphatic heterocycles. The molecule has 0 atom stereocenters. The lowest BCUT2D eigenvalue weighted by molar-refractivity contribution is -0.385. The summed E-state index contributed by atoms with van der Waals surface area (Å²) < 4.78 is 1.14. The highest BCUT2D eigenvalue weighted by Crippen LogP contribution is 2.20. The molecule has 0 saturated carbocycles. The Morgan fingerprint density at radius 1 is 1.53 bits per heavy atom. The highest BCUT2D eigenvalue weighted by molar-refractivity contribution is 5.58. The van der Waals surface area contributed by atoms with Gasteiger partial charge < -0.3 is 5.73 Å². The SMILES string of the molecule is Cc1nn(C(C)C)c(=O)c(N)c1[N+](=O)[O-]. The molecule has 0 aliphatic carbocycles. The summed E-state index contributed by atoms with van der Waals surface area (Å²) in [6.07, 6.45) is 0. The molecule has 7 nitrogen and oxygen atoms in total. The van der Waals surface area contributed by atoms with Crippen molar-refractivity contribution in [3.8, 4) is 0 Å². The standard InChI is InChI=1S/C8H12N4O3/c1-4(2)11-8(13)6(9)7(12(14)15)5(3)10-11/h4H,9H2,1-3H3. The quantitative estimate of drug-likeness (QED) is 0.571. The van der Waals surface area contributed by atoms with Crippen LogP contribution in [-0.2, 0) is 0 Å². The molecule has 0 aromatic carbocycles. The maximum Gasteiger partial charge on any atom is 0.320 e. The van der Waals surface area contributed by atoms with Crippen molar-refractivity contribution in [1.29, 1.82) is 0 Å². The summed E-state index contributed by atoms with van der Waals surface area (Å²) in [5.74, 6) is 0. The number of aromatic nitrogens is 2. The minimum absolute atomic E-state index is 0.144. The predicted octanol–water partition coefficient (Wildman–Crippen LogP) is 0.623. The van der Waals surface area contributed by atoms with Crippen LogP contribution in [0.2, 0.25) is 0 Å². The van der Waals surface area contributed by atoms with Gasteiger partial charge in [0.05, 0.1) is 11.0 Å². The molecule has 1 rings (SSSR count). The molecule has 0 aliphatic rings. The van der Waals surface area contributed by atoms with E-state index in [1.165, 1.54) is 6.92 Å². The molecular weight excluding hydrogens is 200 g/mol. The van der Waals surface area contributed by atoms with Gasteiger partial charge in [-0.1, -0.05) is 0 Å². The Kier molecular flexibility index (Phi) is 2.74. The van der Waals surface area contributed by atoms with Crippen LogP contribution in [0.1, 0.15) is 25.6 Å². The number of nitrogens with zero attached hydrogens (tertiary/aromatic N) is 3. The highest BCUT2D eigenvalue weighted by atomic mass is 16.6. The molecule has 1 aromatic heterocycles. The van der Waals surface area contributed by atoms with E-state index in [9.17, 15) is 14.9 Å². The Labute approximate surface area is 85.7 Å². The van der Waals surface area contributed by atoms with Crippen molar-refractivity contribution >= 4 is 11.4 Å². The van der Waals surface area contributed by atoms with Gasteiger partial charge in [-0.25, -0.2) is 4.68 Å². The van der Waals surface area contributed by atoms with Gasteiger partial charge in [-0.15, -0.1) is 0 Å². The molecule has 0 radical (unpaired) electrons. The molecule has 82 valence electrons. The molecule has 0 spiro atoms. The molecule has 2 N–H and O–H groups in total. The van der Waals surface area contributed by atoms with E-state index in [2.05, 4.69) is 5.10 Å². The lowest BCUT2D eigenvalue weighted by atomic mass is 10.3. The molecule has 15 heavy (non-hydrogen) atoms. The third-order valence-corrected chi connectivity index (χ3v) is 1.97. The first-order valence-electron chi connectivity index (χ1n) is 4.39. The minimum Gasteiger partial charge on any atom is -0.389 e. The van der Waals surface area contributed by atoms with Gasteiger partial charge in [0.2, 0.25) is 0 Å². The molecule has 0 unspecified atom stereocenters. The molecule has 0 fully saturated rings. The summed E-state index contributed by atoms with van der Waals surface area (Å²) in [6, 6.07) is -0.181. The zero-order chi connectivity index (χ0) is 11.7. The average Bonchev–Trinajstić information content (AvgIpc) is 2.10. The van der Waals surface area contributed by atoms with Gasteiger partial charge in [-0.2, -0.15) is 5.10 Å². The van der Waals surface area contributed by atoms with Gasteiger partial charge in [0, 0.05) is 0 Å². The lowest BCUT2D eigenvalue weighted by Gasteiger charge is -2.10. The van der Waals surface area contributed by atoms with Crippen molar-refractivity contribution in [3.05, 3.63) is 26.2 Å². The zero-order valence-corrected chi connectivity index (χ0v) is 8.72. The Morgan fingerprint density at radius 3 is 2.47 bits per heavy atom. The summed E-state index contributed by atoms with van der Waals surface area (Å²) in [7, 11) is 0. The maximum absolute atomic E-state index is 11.6. The van der Waals surface area contributed by atoms with Crippen LogP contribution < -0.4 is 11.3 Å². The normalized spacial score (nSPS) is 10.7. The van der Waals surface area contributed by atoms with E-state index in [0.29, 0.717) is 0 Å². The maximum atomic E-state index is 11.6. The van der Waals surface area contributed by atoms with E-state index in [1.54, 1.807) is 13.8 Å². The Hall–Kier alpha value is -1.92. The minimum atomic E-state index is -0.691. The fourth-order valence-electron chi connectivity index (χ4n) is 1.25. The number of aryl methyl sites for hydroxylation is 1. The summed E-state index contributed by atoms with van der Waals surface area (Å²) in [6.45, 7) is 4.95. The number of nitro groups is 1. The number of hydrogen-bond acceptors (Lipinski definition) is 5.